The van der Waals surface area contributed by atoms with Crippen LogP contribution in [-0.2, 0) is 19.4 Å². The van der Waals surface area contributed by atoms with E-state index in [1.807, 2.05) is 0 Å². The van der Waals surface area contributed by atoms with Crippen molar-refractivity contribution in [2.45, 2.75) is 88.9 Å². The van der Waals surface area contributed by atoms with Gasteiger partial charge in [-0.15, -0.1) is 0 Å². The molecule has 0 fully saturated rings. The summed E-state index contributed by atoms with van der Waals surface area (Å²) in [5.74, 6) is 0.466. The number of allylic oxidation sites excluding steroid dienone is 1. The van der Waals surface area contributed by atoms with Gasteiger partial charge in [0.1, 0.15) is 0 Å². The van der Waals surface area contributed by atoms with Gasteiger partial charge in [-0.05, 0) is 0 Å². The van der Waals surface area contributed by atoms with Crippen LogP contribution in [0.4, 0.5) is 0 Å². The first-order valence-corrected chi connectivity index (χ1v) is 27.2. The Bertz CT molecular complexity index is 1010. The van der Waals surface area contributed by atoms with Gasteiger partial charge in [0.2, 0.25) is 0 Å². The van der Waals surface area contributed by atoms with Crippen LogP contribution in [0.25, 0.3) is 17.2 Å². The number of halogens is 2. The van der Waals surface area contributed by atoms with Crippen molar-refractivity contribution in [1.82, 2.24) is 0 Å². The number of fused-ring (bicyclic) bond motifs is 1. The first-order valence-electron chi connectivity index (χ1n) is 12.5. The van der Waals surface area contributed by atoms with Gasteiger partial charge in [0.05, 0.1) is 0 Å². The van der Waals surface area contributed by atoms with E-state index < -0.39 is 35.5 Å². The van der Waals surface area contributed by atoms with Crippen molar-refractivity contribution in [3.63, 3.8) is 0 Å². The zero-order valence-electron chi connectivity index (χ0n) is 22.0. The van der Waals surface area contributed by atoms with Crippen LogP contribution in [0.15, 0.2) is 35.9 Å². The second-order valence-corrected chi connectivity index (χ2v) is 31.0. The van der Waals surface area contributed by atoms with Crippen molar-refractivity contribution in [3.05, 3.63) is 52.6 Å². The minimum atomic E-state index is -2.52. The molecule has 1 aliphatic carbocycles. The van der Waals surface area contributed by atoms with Crippen LogP contribution in [0, 0.1) is 0 Å². The number of rotatable bonds is 8. The van der Waals surface area contributed by atoms with Crippen LogP contribution in [0.3, 0.4) is 0 Å². The number of hydrogen-bond donors (Lipinski definition) is 0. The summed E-state index contributed by atoms with van der Waals surface area (Å²) in [7, 11) is 10.6. The zero-order chi connectivity index (χ0) is 24.7. The van der Waals surface area contributed by atoms with E-state index >= 15 is 0 Å². The molecule has 1 unspecified atom stereocenters. The minimum absolute atomic E-state index is 0.300. The number of hydrogen-bond acceptors (Lipinski definition) is 0. The van der Waals surface area contributed by atoms with E-state index in [0.717, 1.165) is 6.42 Å². The van der Waals surface area contributed by atoms with Gasteiger partial charge in [0.15, 0.2) is 0 Å². The molecule has 0 bridgehead atoms. The monoisotopic (exact) mass is 593 g/mol. The third kappa shape index (κ3) is 6.08. The molecule has 0 saturated carbocycles. The fourth-order valence-electron chi connectivity index (χ4n) is 4.82. The van der Waals surface area contributed by atoms with Gasteiger partial charge < -0.3 is 0 Å². The molecule has 1 atom stereocenters. The third-order valence-electron chi connectivity index (χ3n) is 6.94. The molecule has 0 heterocycles. The predicted molar refractivity (Wildman–Crippen MR) is 154 cm³/mol. The fourth-order valence-corrected chi connectivity index (χ4v) is 12.8. The van der Waals surface area contributed by atoms with Gasteiger partial charge in [-0.25, -0.2) is 0 Å². The molecule has 2 aromatic rings. The average molecular weight is 596 g/mol. The van der Waals surface area contributed by atoms with Gasteiger partial charge in [0, 0.05) is 0 Å². The zero-order valence-corrected chi connectivity index (χ0v) is 28.0. The van der Waals surface area contributed by atoms with E-state index in [-0.39, 0.29) is 0 Å². The summed E-state index contributed by atoms with van der Waals surface area (Å²) >= 11 is -2.52. The van der Waals surface area contributed by atoms with E-state index in [0.29, 0.717) is 9.54 Å². The number of unbranched alkanes of at least 4 members (excludes halogenated alkanes) is 1. The van der Waals surface area contributed by atoms with Crippen molar-refractivity contribution in [1.29, 1.82) is 0 Å². The molecule has 0 radical (unpaired) electrons. The summed E-state index contributed by atoms with van der Waals surface area (Å²) in [6, 6.07) is 12.3. The summed E-state index contributed by atoms with van der Waals surface area (Å²) in [5.41, 5.74) is 8.59. The molecule has 0 aromatic heterocycles. The van der Waals surface area contributed by atoms with Gasteiger partial charge in [-0.3, -0.25) is 0 Å². The molecule has 1 aliphatic rings. The van der Waals surface area contributed by atoms with Crippen molar-refractivity contribution >= 4 is 49.6 Å². The molecule has 0 nitrogen and oxygen atoms in total. The van der Waals surface area contributed by atoms with Crippen molar-refractivity contribution in [2.24, 2.45) is 0 Å². The fraction of sp³-hybridized carbons (Fsp3) is 0.500. The molecule has 0 amide bonds. The molecular weight excluding hydrogens is 555 g/mol. The van der Waals surface area contributed by atoms with Gasteiger partial charge >= 0.3 is 222 Å². The molecule has 5 heteroatoms. The van der Waals surface area contributed by atoms with E-state index in [4.69, 9.17) is 17.0 Å². The molecule has 2 aromatic carbocycles. The molecule has 0 N–H and O–H groups in total. The van der Waals surface area contributed by atoms with Crippen LogP contribution < -0.4 is 10.4 Å². The Labute approximate surface area is 220 Å². The second kappa shape index (κ2) is 10.6. The molecule has 0 spiro atoms. The standard InChI is InChI=1S/C28H41Si2.2ClH.Zr/c1-10-11-12-21-15-22-13-14-26(20(2)3)28(27(22)16-21)23-17-24(29(4,5)6)19-25(18-23)30(7,8)9;;;/h13-20H,10-12H2,1-9H3;2*1H;/q;;;+2/p-2. The van der Waals surface area contributed by atoms with Crippen LogP contribution in [0.2, 0.25) is 39.3 Å². The molecule has 179 valence electrons. The van der Waals surface area contributed by atoms with Crippen LogP contribution in [-0.4, -0.2) is 16.1 Å². The van der Waals surface area contributed by atoms with E-state index in [1.54, 1.807) is 10.4 Å². The summed E-state index contributed by atoms with van der Waals surface area (Å²) < 4.78 is 0.300. The van der Waals surface area contributed by atoms with E-state index in [2.05, 4.69) is 96.5 Å². The Kier molecular flexibility index (Phi) is 8.88. The van der Waals surface area contributed by atoms with Crippen molar-refractivity contribution < 1.29 is 19.4 Å². The van der Waals surface area contributed by atoms with Crippen molar-refractivity contribution in [3.8, 4) is 11.1 Å². The molecule has 0 saturated heterocycles. The van der Waals surface area contributed by atoms with Crippen LogP contribution in [0.5, 0.6) is 0 Å². The Hall–Kier alpha value is 0.0769. The molecule has 33 heavy (non-hydrogen) atoms. The summed E-state index contributed by atoms with van der Waals surface area (Å²) in [6.45, 7) is 21.7. The van der Waals surface area contributed by atoms with Crippen LogP contribution in [0.1, 0.15) is 66.3 Å². The normalized spacial score (nSPS) is 16.2. The maximum atomic E-state index is 6.79. The molecule has 0 aliphatic heterocycles. The number of benzene rings is 2. The molecule has 3 rings (SSSR count). The Morgan fingerprint density at radius 2 is 1.48 bits per heavy atom. The van der Waals surface area contributed by atoms with E-state index in [9.17, 15) is 0 Å². The average Bonchev–Trinajstić information content (AvgIpc) is 3.08. The summed E-state index contributed by atoms with van der Waals surface area (Å²) in [5, 5.41) is 3.14. The Morgan fingerprint density at radius 1 is 0.909 bits per heavy atom. The first kappa shape index (κ1) is 27.7. The summed E-state index contributed by atoms with van der Waals surface area (Å²) in [4.78, 5) is 0. The maximum absolute atomic E-state index is 6.79. The van der Waals surface area contributed by atoms with E-state index in [1.165, 1.54) is 46.2 Å². The van der Waals surface area contributed by atoms with Gasteiger partial charge in [-0.1, -0.05) is 0 Å². The SMILES string of the molecule is CCCCC1=Cc2c(ccc(C(C)C)c2-c2cc([Si](C)(C)C)cc([Si](C)(C)C)c2)[CH]1[Zr]([Cl])[Cl]. The summed E-state index contributed by atoms with van der Waals surface area (Å²) in [6.07, 6.45) is 6.01. The second-order valence-electron chi connectivity index (χ2n) is 12.0. The van der Waals surface area contributed by atoms with Gasteiger partial charge in [0.25, 0.3) is 0 Å². The third-order valence-corrected chi connectivity index (χ3v) is 16.3. The quantitative estimate of drug-likeness (QED) is 0.267. The van der Waals surface area contributed by atoms with Gasteiger partial charge in [-0.2, -0.15) is 0 Å². The van der Waals surface area contributed by atoms with Crippen LogP contribution >= 0.6 is 17.0 Å². The topological polar surface area (TPSA) is 0 Å². The first-order chi connectivity index (χ1) is 15.3. The van der Waals surface area contributed by atoms with Crippen molar-refractivity contribution in [2.75, 3.05) is 0 Å². The Morgan fingerprint density at radius 3 is 1.94 bits per heavy atom. The molecular formula is C28H41Cl2Si2Zr. The predicted octanol–water partition coefficient (Wildman–Crippen LogP) is 9.12. The Balaban J connectivity index is 2.36.